The molecule has 1 rings (SSSR count). The fourth-order valence-electron chi connectivity index (χ4n) is 1.58. The molecule has 0 spiro atoms. The first kappa shape index (κ1) is 14.1. The van der Waals surface area contributed by atoms with Gasteiger partial charge in [0.25, 0.3) is 0 Å². The van der Waals surface area contributed by atoms with E-state index in [-0.39, 0.29) is 0 Å². The van der Waals surface area contributed by atoms with E-state index in [2.05, 4.69) is 45.8 Å². The zero-order valence-corrected chi connectivity index (χ0v) is 13.3. The minimum atomic E-state index is -1.59. The van der Waals surface area contributed by atoms with Crippen molar-refractivity contribution in [3.05, 3.63) is 0 Å². The van der Waals surface area contributed by atoms with Crippen LogP contribution in [0.25, 0.3) is 0 Å². The smallest absolute Gasteiger partial charge is 0.192 e. The maximum atomic E-state index is 6.23. The topological polar surface area (TPSA) is 12.5 Å². The van der Waals surface area contributed by atoms with Crippen LogP contribution in [0.5, 0.6) is 0 Å². The molecule has 0 aromatic rings. The van der Waals surface area contributed by atoms with E-state index in [4.69, 9.17) is 16.6 Å². The monoisotopic (exact) mass is 259 g/mol. The zero-order chi connectivity index (χ0) is 12.6. The summed E-state index contributed by atoms with van der Waals surface area (Å²) in [6.45, 7) is 12.3. The third-order valence-electron chi connectivity index (χ3n) is 4.08. The van der Waals surface area contributed by atoms with Gasteiger partial charge in [-0.15, -0.1) is 0 Å². The lowest BCUT2D eigenvalue weighted by Gasteiger charge is -2.37. The van der Waals surface area contributed by atoms with Crippen molar-refractivity contribution in [2.45, 2.75) is 57.8 Å². The number of thiocarbonyl (C=S) groups is 1. The number of likely N-dealkylation sites (N-methyl/N-ethyl adjacent to an activating group) is 1. The van der Waals surface area contributed by atoms with Gasteiger partial charge in [-0.25, -0.2) is 0 Å². The van der Waals surface area contributed by atoms with Gasteiger partial charge >= 0.3 is 0 Å². The van der Waals surface area contributed by atoms with Gasteiger partial charge < -0.3 is 9.33 Å². The van der Waals surface area contributed by atoms with E-state index in [9.17, 15) is 0 Å². The van der Waals surface area contributed by atoms with E-state index >= 15 is 0 Å². The SMILES string of the molecule is CN1C(=S)CCC1CO[Si](C)(C)C(C)(C)C. The summed E-state index contributed by atoms with van der Waals surface area (Å²) in [5, 5.41) is 0.296. The van der Waals surface area contributed by atoms with Crippen molar-refractivity contribution < 1.29 is 4.43 Å². The van der Waals surface area contributed by atoms with Crippen LogP contribution in [0.4, 0.5) is 0 Å². The molecule has 0 bridgehead atoms. The van der Waals surface area contributed by atoms with Crippen LogP contribution in [0.3, 0.4) is 0 Å². The second-order valence-electron chi connectivity index (χ2n) is 6.27. The Balaban J connectivity index is 2.49. The lowest BCUT2D eigenvalue weighted by atomic mass is 10.2. The van der Waals surface area contributed by atoms with Gasteiger partial charge in [0.05, 0.1) is 17.6 Å². The van der Waals surface area contributed by atoms with E-state index in [1.54, 1.807) is 0 Å². The van der Waals surface area contributed by atoms with Crippen LogP contribution in [0.1, 0.15) is 33.6 Å². The highest BCUT2D eigenvalue weighted by molar-refractivity contribution is 7.80. The molecule has 0 aromatic carbocycles. The Labute approximate surface area is 106 Å². The Morgan fingerprint density at radius 2 is 2.00 bits per heavy atom. The molecule has 1 aliphatic heterocycles. The first-order chi connectivity index (χ1) is 7.15. The highest BCUT2D eigenvalue weighted by Crippen LogP contribution is 2.37. The largest absolute Gasteiger partial charge is 0.415 e. The first-order valence-corrected chi connectivity index (χ1v) is 9.36. The summed E-state index contributed by atoms with van der Waals surface area (Å²) in [7, 11) is 0.498. The van der Waals surface area contributed by atoms with E-state index < -0.39 is 8.32 Å². The van der Waals surface area contributed by atoms with E-state index in [1.165, 1.54) is 0 Å². The molecule has 0 amide bonds. The first-order valence-electron chi connectivity index (χ1n) is 6.05. The molecule has 2 nitrogen and oxygen atoms in total. The predicted octanol–water partition coefficient (Wildman–Crippen LogP) is 3.43. The predicted molar refractivity (Wildman–Crippen MR) is 76.5 cm³/mol. The summed E-state index contributed by atoms with van der Waals surface area (Å²) in [4.78, 5) is 3.30. The van der Waals surface area contributed by atoms with Gasteiger partial charge in [0.2, 0.25) is 0 Å². The van der Waals surface area contributed by atoms with Crippen LogP contribution >= 0.6 is 12.2 Å². The molecule has 1 heterocycles. The zero-order valence-electron chi connectivity index (χ0n) is 11.5. The third-order valence-corrected chi connectivity index (χ3v) is 9.07. The van der Waals surface area contributed by atoms with Crippen molar-refractivity contribution in [3.63, 3.8) is 0 Å². The molecule has 4 heteroatoms. The molecule has 1 unspecified atom stereocenters. The molecule has 0 saturated carbocycles. The van der Waals surface area contributed by atoms with Crippen LogP contribution in [0.2, 0.25) is 18.1 Å². The van der Waals surface area contributed by atoms with Crippen LogP contribution in [-0.2, 0) is 4.43 Å². The molecule has 1 atom stereocenters. The molecule has 1 saturated heterocycles. The number of hydrogen-bond donors (Lipinski definition) is 0. The van der Waals surface area contributed by atoms with Gasteiger partial charge in [0.15, 0.2) is 8.32 Å². The lowest BCUT2D eigenvalue weighted by molar-refractivity contribution is 0.210. The summed E-state index contributed by atoms with van der Waals surface area (Å²) in [5.74, 6) is 0. The van der Waals surface area contributed by atoms with Crippen LogP contribution in [-0.4, -0.2) is 37.9 Å². The number of nitrogens with zero attached hydrogens (tertiary/aromatic N) is 1. The minimum Gasteiger partial charge on any atom is -0.415 e. The summed E-state index contributed by atoms with van der Waals surface area (Å²) < 4.78 is 6.23. The maximum Gasteiger partial charge on any atom is 0.192 e. The minimum absolute atomic E-state index is 0.296. The molecule has 94 valence electrons. The molecule has 0 aromatic heterocycles. The Hall–Kier alpha value is 0.0669. The number of likely N-dealkylation sites (tertiary alicyclic amines) is 1. The Morgan fingerprint density at radius 3 is 2.38 bits per heavy atom. The van der Waals surface area contributed by atoms with Crippen LogP contribution in [0.15, 0.2) is 0 Å². The van der Waals surface area contributed by atoms with Gasteiger partial charge in [-0.3, -0.25) is 0 Å². The number of hydrogen-bond acceptors (Lipinski definition) is 2. The molecule has 0 N–H and O–H groups in total. The van der Waals surface area contributed by atoms with Crippen LogP contribution in [0, 0.1) is 0 Å². The van der Waals surface area contributed by atoms with Gasteiger partial charge in [-0.2, -0.15) is 0 Å². The molecule has 0 aliphatic carbocycles. The highest BCUT2D eigenvalue weighted by atomic mass is 32.1. The lowest BCUT2D eigenvalue weighted by Crippen LogP contribution is -2.44. The average molecular weight is 259 g/mol. The summed E-state index contributed by atoms with van der Waals surface area (Å²) in [6.07, 6.45) is 2.21. The Bertz CT molecular complexity index is 273. The van der Waals surface area contributed by atoms with Gasteiger partial charge in [0, 0.05) is 7.05 Å². The standard InChI is InChI=1S/C12H25NOSSi/c1-12(2,3)16(5,6)14-9-10-7-8-11(15)13(10)4/h10H,7-9H2,1-6H3. The highest BCUT2D eigenvalue weighted by Gasteiger charge is 2.38. The Morgan fingerprint density at radius 1 is 1.44 bits per heavy atom. The van der Waals surface area contributed by atoms with Crippen molar-refractivity contribution >= 4 is 25.5 Å². The number of rotatable bonds is 3. The third kappa shape index (κ3) is 3.05. The van der Waals surface area contributed by atoms with Crippen LogP contribution < -0.4 is 0 Å². The second kappa shape index (κ2) is 4.74. The van der Waals surface area contributed by atoms with Crippen molar-refractivity contribution in [1.29, 1.82) is 0 Å². The molecule has 0 radical (unpaired) electrons. The summed E-state index contributed by atoms with van der Waals surface area (Å²) in [6, 6.07) is 0.502. The van der Waals surface area contributed by atoms with E-state index in [1.807, 2.05) is 0 Å². The second-order valence-corrected chi connectivity index (χ2v) is 11.5. The van der Waals surface area contributed by atoms with Gasteiger partial charge in [-0.1, -0.05) is 33.0 Å². The van der Waals surface area contributed by atoms with Gasteiger partial charge in [-0.05, 0) is 31.0 Å². The molecular formula is C12H25NOSSi. The molecule has 16 heavy (non-hydrogen) atoms. The van der Waals surface area contributed by atoms with Gasteiger partial charge in [0.1, 0.15) is 0 Å². The normalized spacial score (nSPS) is 23.0. The van der Waals surface area contributed by atoms with Crippen molar-refractivity contribution in [1.82, 2.24) is 4.90 Å². The fourth-order valence-corrected chi connectivity index (χ4v) is 2.89. The molecule has 1 aliphatic rings. The Kier molecular flexibility index (Phi) is 4.19. The van der Waals surface area contributed by atoms with Crippen molar-refractivity contribution in [2.75, 3.05) is 13.7 Å². The molecule has 1 fully saturated rings. The van der Waals surface area contributed by atoms with Crippen molar-refractivity contribution in [3.8, 4) is 0 Å². The average Bonchev–Trinajstić information content (AvgIpc) is 2.43. The molecular weight excluding hydrogens is 234 g/mol. The van der Waals surface area contributed by atoms with Crippen molar-refractivity contribution in [2.24, 2.45) is 0 Å². The van der Waals surface area contributed by atoms with E-state index in [0.717, 1.165) is 24.4 Å². The fraction of sp³-hybridized carbons (Fsp3) is 0.917. The maximum absolute atomic E-state index is 6.23. The quantitative estimate of drug-likeness (QED) is 0.569. The summed E-state index contributed by atoms with van der Waals surface area (Å²) >= 11 is 5.28. The summed E-state index contributed by atoms with van der Waals surface area (Å²) in [5.41, 5.74) is 0. The van der Waals surface area contributed by atoms with E-state index in [0.29, 0.717) is 11.1 Å².